The molecule has 1 aromatic rings. The third-order valence-corrected chi connectivity index (χ3v) is 3.11. The Morgan fingerprint density at radius 3 is 2.94 bits per heavy atom. The van der Waals surface area contributed by atoms with Crippen molar-refractivity contribution in [3.63, 3.8) is 0 Å². The molecule has 5 heteroatoms. The lowest BCUT2D eigenvalue weighted by Gasteiger charge is -2.31. The molecule has 1 aromatic heterocycles. The number of nitrogens with zero attached hydrogens (tertiary/aromatic N) is 3. The van der Waals surface area contributed by atoms with E-state index < -0.39 is 0 Å². The maximum absolute atomic E-state index is 7.49. The van der Waals surface area contributed by atoms with Crippen molar-refractivity contribution in [1.82, 2.24) is 10.2 Å². The zero-order valence-electron chi connectivity index (χ0n) is 9.48. The van der Waals surface area contributed by atoms with Gasteiger partial charge in [0.2, 0.25) is 0 Å². The summed E-state index contributed by atoms with van der Waals surface area (Å²) in [5.74, 6) is 1.51. The van der Waals surface area contributed by atoms with Crippen molar-refractivity contribution in [2.75, 3.05) is 18.5 Å². The first-order chi connectivity index (χ1) is 7.68. The van der Waals surface area contributed by atoms with Crippen LogP contribution in [0.5, 0.6) is 0 Å². The summed E-state index contributed by atoms with van der Waals surface area (Å²) < 4.78 is 0. The molecule has 86 valence electrons. The van der Waals surface area contributed by atoms with E-state index in [1.54, 1.807) is 12.3 Å². The molecule has 0 bridgehead atoms. The summed E-state index contributed by atoms with van der Waals surface area (Å²) in [4.78, 5) is 2.05. The highest BCUT2D eigenvalue weighted by Gasteiger charge is 2.21. The molecule has 1 aliphatic rings. The van der Waals surface area contributed by atoms with Crippen LogP contribution in [-0.4, -0.2) is 29.6 Å². The lowest BCUT2D eigenvalue weighted by Crippen LogP contribution is -2.31. The smallest absolute Gasteiger partial charge is 0.162 e. The Morgan fingerprint density at radius 2 is 2.38 bits per heavy atom. The largest absolute Gasteiger partial charge is 0.384 e. The molecule has 0 amide bonds. The average molecular weight is 219 g/mol. The second kappa shape index (κ2) is 4.47. The average Bonchev–Trinajstić information content (AvgIpc) is 2.23. The molecule has 2 rings (SSSR count). The predicted octanol–water partition coefficient (Wildman–Crippen LogP) is 0.997. The molecule has 0 radical (unpaired) electrons. The van der Waals surface area contributed by atoms with Crippen LogP contribution in [0.3, 0.4) is 0 Å². The summed E-state index contributed by atoms with van der Waals surface area (Å²) in [5.41, 5.74) is 6.18. The van der Waals surface area contributed by atoms with E-state index in [0.717, 1.165) is 12.5 Å². The second-order valence-electron chi connectivity index (χ2n) is 4.36. The normalized spacial score (nSPS) is 15.6. The Morgan fingerprint density at radius 1 is 1.62 bits per heavy atom. The number of aromatic nitrogens is 2. The molecule has 5 nitrogen and oxygen atoms in total. The first kappa shape index (κ1) is 10.9. The van der Waals surface area contributed by atoms with E-state index in [1.165, 1.54) is 19.3 Å². The molecule has 1 fully saturated rings. The van der Waals surface area contributed by atoms with E-state index in [1.807, 2.05) is 11.9 Å². The maximum atomic E-state index is 7.49. The van der Waals surface area contributed by atoms with Gasteiger partial charge in [-0.3, -0.25) is 5.41 Å². The number of nitrogens with two attached hydrogens (primary N) is 1. The van der Waals surface area contributed by atoms with E-state index in [9.17, 15) is 0 Å². The van der Waals surface area contributed by atoms with Gasteiger partial charge >= 0.3 is 0 Å². The Balaban J connectivity index is 2.14. The van der Waals surface area contributed by atoms with Crippen LogP contribution >= 0.6 is 0 Å². The minimum absolute atomic E-state index is 0.0466. The van der Waals surface area contributed by atoms with E-state index >= 15 is 0 Å². The van der Waals surface area contributed by atoms with Gasteiger partial charge < -0.3 is 10.6 Å². The monoisotopic (exact) mass is 219 g/mol. The van der Waals surface area contributed by atoms with Crippen LogP contribution in [0.4, 0.5) is 5.82 Å². The molecular formula is C11H17N5. The Bertz CT molecular complexity index is 386. The Hall–Kier alpha value is -1.65. The van der Waals surface area contributed by atoms with Gasteiger partial charge in [-0.05, 0) is 24.8 Å². The van der Waals surface area contributed by atoms with Gasteiger partial charge in [0.15, 0.2) is 5.82 Å². The van der Waals surface area contributed by atoms with Gasteiger partial charge in [-0.1, -0.05) is 6.42 Å². The van der Waals surface area contributed by atoms with Gasteiger partial charge in [0.25, 0.3) is 0 Å². The van der Waals surface area contributed by atoms with Crippen molar-refractivity contribution in [2.24, 2.45) is 11.7 Å². The van der Waals surface area contributed by atoms with E-state index in [4.69, 9.17) is 11.1 Å². The molecule has 1 heterocycles. The third kappa shape index (κ3) is 2.13. The number of amidine groups is 1. The predicted molar refractivity (Wildman–Crippen MR) is 63.7 cm³/mol. The summed E-state index contributed by atoms with van der Waals surface area (Å²) >= 11 is 0. The summed E-state index contributed by atoms with van der Waals surface area (Å²) in [7, 11) is 1.98. The van der Waals surface area contributed by atoms with Crippen molar-refractivity contribution in [2.45, 2.75) is 19.3 Å². The second-order valence-corrected chi connectivity index (χ2v) is 4.36. The summed E-state index contributed by atoms with van der Waals surface area (Å²) in [6.07, 6.45) is 5.48. The standard InChI is InChI=1S/C11H17N5/c1-16(7-8-3-2-4-8)11-9(10(12)13)5-6-14-15-11/h5-6,8H,2-4,7H2,1H3,(H3,12,13). The molecule has 0 atom stereocenters. The van der Waals surface area contributed by atoms with E-state index in [2.05, 4.69) is 10.2 Å². The number of rotatable bonds is 4. The van der Waals surface area contributed by atoms with Crippen LogP contribution in [-0.2, 0) is 0 Å². The third-order valence-electron chi connectivity index (χ3n) is 3.11. The maximum Gasteiger partial charge on any atom is 0.162 e. The topological polar surface area (TPSA) is 78.9 Å². The van der Waals surface area contributed by atoms with Gasteiger partial charge in [0.1, 0.15) is 5.84 Å². The number of hydrogen-bond acceptors (Lipinski definition) is 4. The highest BCUT2D eigenvalue weighted by atomic mass is 15.2. The summed E-state index contributed by atoms with van der Waals surface area (Å²) in [6, 6.07) is 1.74. The molecular weight excluding hydrogens is 202 g/mol. The highest BCUT2D eigenvalue weighted by Crippen LogP contribution is 2.28. The SMILES string of the molecule is CN(CC1CCC1)c1nnccc1C(=N)N. The first-order valence-electron chi connectivity index (χ1n) is 5.55. The molecule has 0 unspecified atom stereocenters. The van der Waals surface area contributed by atoms with E-state index in [-0.39, 0.29) is 5.84 Å². The van der Waals surface area contributed by atoms with Crippen LogP contribution in [0.25, 0.3) is 0 Å². The zero-order chi connectivity index (χ0) is 11.5. The Kier molecular flexibility index (Phi) is 3.03. The minimum atomic E-state index is 0.0466. The zero-order valence-corrected chi connectivity index (χ0v) is 9.48. The van der Waals surface area contributed by atoms with Crippen LogP contribution < -0.4 is 10.6 Å². The van der Waals surface area contributed by atoms with Gasteiger partial charge in [0, 0.05) is 13.6 Å². The number of anilines is 1. The van der Waals surface area contributed by atoms with Crippen molar-refractivity contribution in [3.05, 3.63) is 17.8 Å². The first-order valence-corrected chi connectivity index (χ1v) is 5.55. The van der Waals surface area contributed by atoms with E-state index in [0.29, 0.717) is 11.4 Å². The summed E-state index contributed by atoms with van der Waals surface area (Å²) in [6.45, 7) is 0.971. The minimum Gasteiger partial charge on any atom is -0.384 e. The Labute approximate surface area is 95.2 Å². The van der Waals surface area contributed by atoms with Gasteiger partial charge in [0.05, 0.1) is 11.8 Å². The van der Waals surface area contributed by atoms with Crippen LogP contribution in [0.15, 0.2) is 12.3 Å². The van der Waals surface area contributed by atoms with Crippen LogP contribution in [0.1, 0.15) is 24.8 Å². The van der Waals surface area contributed by atoms with Crippen LogP contribution in [0, 0.1) is 11.3 Å². The fourth-order valence-corrected chi connectivity index (χ4v) is 1.97. The molecule has 1 saturated carbocycles. The lowest BCUT2D eigenvalue weighted by atomic mass is 9.85. The number of nitrogen functional groups attached to an aromatic ring is 1. The molecule has 3 N–H and O–H groups in total. The highest BCUT2D eigenvalue weighted by molar-refractivity contribution is 5.99. The van der Waals surface area contributed by atoms with Gasteiger partial charge in [-0.25, -0.2) is 0 Å². The van der Waals surface area contributed by atoms with Gasteiger partial charge in [-0.2, -0.15) is 5.10 Å². The van der Waals surface area contributed by atoms with Crippen LogP contribution in [0.2, 0.25) is 0 Å². The fraction of sp³-hybridized carbons (Fsp3) is 0.545. The molecule has 16 heavy (non-hydrogen) atoms. The molecule has 0 aromatic carbocycles. The number of hydrogen-bond donors (Lipinski definition) is 2. The van der Waals surface area contributed by atoms with Crippen molar-refractivity contribution >= 4 is 11.7 Å². The fourth-order valence-electron chi connectivity index (χ4n) is 1.97. The quantitative estimate of drug-likeness (QED) is 0.585. The summed E-state index contributed by atoms with van der Waals surface area (Å²) in [5, 5.41) is 15.4. The van der Waals surface area contributed by atoms with Crippen molar-refractivity contribution in [3.8, 4) is 0 Å². The van der Waals surface area contributed by atoms with Crippen molar-refractivity contribution in [1.29, 1.82) is 5.41 Å². The van der Waals surface area contributed by atoms with Gasteiger partial charge in [-0.15, -0.1) is 5.10 Å². The lowest BCUT2D eigenvalue weighted by molar-refractivity contribution is 0.321. The molecule has 0 spiro atoms. The molecule has 1 aliphatic carbocycles. The van der Waals surface area contributed by atoms with Crippen molar-refractivity contribution < 1.29 is 0 Å². The molecule has 0 aliphatic heterocycles. The number of nitrogens with one attached hydrogen (secondary N) is 1. The molecule has 0 saturated heterocycles.